The number of amides is 1. The lowest BCUT2D eigenvalue weighted by atomic mass is 10.1. The van der Waals surface area contributed by atoms with Crippen molar-refractivity contribution in [2.24, 2.45) is 16.8 Å². The highest BCUT2D eigenvalue weighted by Gasteiger charge is 2.36. The lowest BCUT2D eigenvalue weighted by Crippen LogP contribution is -2.55. The molecule has 2 rings (SSSR count). The maximum Gasteiger partial charge on any atom is 0.226 e. The highest BCUT2D eigenvalue weighted by atomic mass is 32.2. The molecule has 0 aromatic rings. The Hall–Kier alpha value is -1.35. The van der Waals surface area contributed by atoms with Gasteiger partial charge in [-0.15, -0.1) is 0 Å². The molecule has 8 nitrogen and oxygen atoms in total. The monoisotopic (exact) mass is 318 g/mol. The van der Waals surface area contributed by atoms with Crippen molar-refractivity contribution in [3.8, 4) is 0 Å². The first kappa shape index (κ1) is 16.0. The third-order valence-electron chi connectivity index (χ3n) is 4.30. The van der Waals surface area contributed by atoms with Crippen molar-refractivity contribution >= 4 is 21.6 Å². The number of hydrogen-bond donors (Lipinski definition) is 2. The van der Waals surface area contributed by atoms with E-state index in [4.69, 9.17) is 10.9 Å². The lowest BCUT2D eigenvalue weighted by Gasteiger charge is -2.38. The van der Waals surface area contributed by atoms with E-state index in [1.807, 2.05) is 11.8 Å². The molecule has 0 aliphatic carbocycles. The number of rotatable bonds is 3. The van der Waals surface area contributed by atoms with Crippen LogP contribution < -0.4 is 5.73 Å². The fraction of sp³-hybridized carbons (Fsp3) is 0.833. The first-order valence-corrected chi connectivity index (χ1v) is 8.87. The van der Waals surface area contributed by atoms with Gasteiger partial charge < -0.3 is 15.8 Å². The van der Waals surface area contributed by atoms with Gasteiger partial charge >= 0.3 is 0 Å². The van der Waals surface area contributed by atoms with Gasteiger partial charge in [0.05, 0.1) is 23.5 Å². The molecule has 2 aliphatic heterocycles. The lowest BCUT2D eigenvalue weighted by molar-refractivity contribution is -0.136. The van der Waals surface area contributed by atoms with Gasteiger partial charge in [-0.3, -0.25) is 9.69 Å². The average molecular weight is 318 g/mol. The largest absolute Gasteiger partial charge is 0.409 e. The van der Waals surface area contributed by atoms with Crippen molar-refractivity contribution in [3.63, 3.8) is 0 Å². The van der Waals surface area contributed by atoms with Crippen molar-refractivity contribution in [2.45, 2.75) is 19.4 Å². The Morgan fingerprint density at radius 3 is 2.43 bits per heavy atom. The Kier molecular flexibility index (Phi) is 4.72. The highest BCUT2D eigenvalue weighted by Crippen LogP contribution is 2.21. The molecule has 0 radical (unpaired) electrons. The van der Waals surface area contributed by atoms with Crippen LogP contribution in [0.1, 0.15) is 13.3 Å². The van der Waals surface area contributed by atoms with E-state index in [0.717, 1.165) is 0 Å². The molecule has 9 heteroatoms. The number of piperazine rings is 1. The Morgan fingerprint density at radius 2 is 1.95 bits per heavy atom. The van der Waals surface area contributed by atoms with E-state index >= 15 is 0 Å². The molecule has 0 aromatic heterocycles. The number of amidine groups is 1. The average Bonchev–Trinajstić information content (AvgIpc) is 2.85. The van der Waals surface area contributed by atoms with Gasteiger partial charge in [0.25, 0.3) is 0 Å². The summed E-state index contributed by atoms with van der Waals surface area (Å²) in [5.41, 5.74) is 5.58. The topological polar surface area (TPSA) is 116 Å². The third-order valence-corrected chi connectivity index (χ3v) is 6.07. The number of carbonyl (C=O) groups excluding carboxylic acids is 1. The number of sulfone groups is 1. The quantitative estimate of drug-likeness (QED) is 0.289. The molecule has 120 valence electrons. The number of nitrogens with two attached hydrogens (primary N) is 1. The van der Waals surface area contributed by atoms with E-state index in [2.05, 4.69) is 5.16 Å². The SMILES string of the molecule is CC(C(N)=NO)N1CCN(C(=O)C2CCS(=O)(=O)C2)CC1. The van der Waals surface area contributed by atoms with E-state index in [-0.39, 0.29) is 35.2 Å². The molecule has 1 amide bonds. The van der Waals surface area contributed by atoms with E-state index in [1.165, 1.54) is 0 Å². The van der Waals surface area contributed by atoms with E-state index < -0.39 is 9.84 Å². The fourth-order valence-corrected chi connectivity index (χ4v) is 4.58. The van der Waals surface area contributed by atoms with Crippen LogP contribution in [0, 0.1) is 5.92 Å². The minimum atomic E-state index is -3.04. The van der Waals surface area contributed by atoms with Gasteiger partial charge in [-0.2, -0.15) is 0 Å². The zero-order valence-corrected chi connectivity index (χ0v) is 12.9. The minimum Gasteiger partial charge on any atom is -0.409 e. The van der Waals surface area contributed by atoms with Gasteiger partial charge in [-0.25, -0.2) is 8.42 Å². The number of hydrogen-bond acceptors (Lipinski definition) is 6. The molecule has 2 atom stereocenters. The molecule has 2 heterocycles. The molecule has 0 aromatic carbocycles. The predicted octanol–water partition coefficient (Wildman–Crippen LogP) is -1.30. The van der Waals surface area contributed by atoms with Crippen LogP contribution in [0.15, 0.2) is 5.16 Å². The summed E-state index contributed by atoms with van der Waals surface area (Å²) in [5, 5.41) is 11.7. The number of oxime groups is 1. The molecule has 0 spiro atoms. The van der Waals surface area contributed by atoms with Crippen molar-refractivity contribution in [1.82, 2.24) is 9.80 Å². The minimum absolute atomic E-state index is 0.0213. The van der Waals surface area contributed by atoms with Crippen LogP contribution in [0.3, 0.4) is 0 Å². The Bertz CT molecular complexity index is 525. The maximum absolute atomic E-state index is 12.3. The summed E-state index contributed by atoms with van der Waals surface area (Å²) in [6.07, 6.45) is 0.432. The molecule has 2 unspecified atom stereocenters. The molecule has 2 saturated heterocycles. The second-order valence-electron chi connectivity index (χ2n) is 5.66. The van der Waals surface area contributed by atoms with Crippen molar-refractivity contribution in [1.29, 1.82) is 0 Å². The van der Waals surface area contributed by atoms with Crippen LogP contribution in [-0.4, -0.2) is 78.9 Å². The molecule has 2 aliphatic rings. The van der Waals surface area contributed by atoms with Crippen LogP contribution >= 0.6 is 0 Å². The Labute approximate surface area is 124 Å². The predicted molar refractivity (Wildman–Crippen MR) is 77.8 cm³/mol. The van der Waals surface area contributed by atoms with E-state index in [9.17, 15) is 13.2 Å². The normalized spacial score (nSPS) is 28.5. The van der Waals surface area contributed by atoms with Crippen LogP contribution in [0.25, 0.3) is 0 Å². The second-order valence-corrected chi connectivity index (χ2v) is 7.89. The summed E-state index contributed by atoms with van der Waals surface area (Å²) >= 11 is 0. The molecule has 3 N–H and O–H groups in total. The molecule has 2 fully saturated rings. The number of carbonyl (C=O) groups is 1. The van der Waals surface area contributed by atoms with Gasteiger partial charge in [0.1, 0.15) is 0 Å². The molecule has 0 saturated carbocycles. The summed E-state index contributed by atoms with van der Waals surface area (Å²) in [6, 6.07) is -0.181. The van der Waals surface area contributed by atoms with Crippen LogP contribution in [0.5, 0.6) is 0 Å². The van der Waals surface area contributed by atoms with Crippen molar-refractivity contribution < 1.29 is 18.4 Å². The third kappa shape index (κ3) is 3.65. The molecule has 21 heavy (non-hydrogen) atoms. The van der Waals surface area contributed by atoms with Crippen molar-refractivity contribution in [2.75, 3.05) is 37.7 Å². The summed E-state index contributed by atoms with van der Waals surface area (Å²) in [4.78, 5) is 16.1. The van der Waals surface area contributed by atoms with Crippen LogP contribution in [-0.2, 0) is 14.6 Å². The van der Waals surface area contributed by atoms with Gasteiger partial charge in [-0.05, 0) is 13.3 Å². The van der Waals surface area contributed by atoms with Crippen LogP contribution in [0.4, 0.5) is 0 Å². The van der Waals surface area contributed by atoms with Gasteiger partial charge in [-0.1, -0.05) is 5.16 Å². The Balaban J connectivity index is 1.88. The summed E-state index contributed by atoms with van der Waals surface area (Å²) < 4.78 is 22.9. The van der Waals surface area contributed by atoms with E-state index in [0.29, 0.717) is 32.6 Å². The zero-order chi connectivity index (χ0) is 15.6. The molecule has 0 bridgehead atoms. The first-order chi connectivity index (χ1) is 9.84. The Morgan fingerprint density at radius 1 is 1.33 bits per heavy atom. The zero-order valence-electron chi connectivity index (χ0n) is 12.1. The summed E-state index contributed by atoms with van der Waals surface area (Å²) in [5.74, 6) is -0.205. The van der Waals surface area contributed by atoms with Gasteiger partial charge in [0.15, 0.2) is 15.7 Å². The first-order valence-electron chi connectivity index (χ1n) is 7.05. The van der Waals surface area contributed by atoms with E-state index in [1.54, 1.807) is 4.90 Å². The van der Waals surface area contributed by atoms with Crippen LogP contribution in [0.2, 0.25) is 0 Å². The summed E-state index contributed by atoms with van der Waals surface area (Å²) in [7, 11) is -3.04. The molecular weight excluding hydrogens is 296 g/mol. The second kappa shape index (κ2) is 6.18. The number of nitrogens with zero attached hydrogens (tertiary/aromatic N) is 3. The maximum atomic E-state index is 12.3. The van der Waals surface area contributed by atoms with Gasteiger partial charge in [0, 0.05) is 26.2 Å². The smallest absolute Gasteiger partial charge is 0.226 e. The highest BCUT2D eigenvalue weighted by molar-refractivity contribution is 7.91. The molecular formula is C12H22N4O4S. The standard InChI is InChI=1S/C12H22N4O4S/c1-9(11(13)14-18)15-3-5-16(6-4-15)12(17)10-2-7-21(19,20)8-10/h9-10,18H,2-8H2,1H3,(H2,13,14). The van der Waals surface area contributed by atoms with Crippen molar-refractivity contribution in [3.05, 3.63) is 0 Å². The summed E-state index contributed by atoms with van der Waals surface area (Å²) in [6.45, 7) is 4.18. The fourth-order valence-electron chi connectivity index (χ4n) is 2.85. The van der Waals surface area contributed by atoms with Gasteiger partial charge in [0.2, 0.25) is 5.91 Å².